The highest BCUT2D eigenvalue weighted by atomic mass is 35.5. The van der Waals surface area contributed by atoms with Gasteiger partial charge in [-0.2, -0.15) is 4.31 Å². The van der Waals surface area contributed by atoms with E-state index in [-0.39, 0.29) is 22.4 Å². The zero-order valence-corrected chi connectivity index (χ0v) is 15.4. The molecule has 1 aliphatic heterocycles. The number of hydrogen-bond acceptors (Lipinski definition) is 4. The maximum absolute atomic E-state index is 13.0. The van der Waals surface area contributed by atoms with Gasteiger partial charge in [-0.25, -0.2) is 8.42 Å². The molecular weight excluding hydrogens is 385 g/mol. The highest BCUT2D eigenvalue weighted by Crippen LogP contribution is 2.38. The van der Waals surface area contributed by atoms with Gasteiger partial charge >= 0.3 is 0 Å². The monoisotopic (exact) mass is 399 g/mol. The lowest BCUT2D eigenvalue weighted by molar-refractivity contribution is 0.0918. The topological polar surface area (TPSA) is 74.7 Å². The maximum Gasteiger partial charge on any atom is 0.247 e. The molecule has 2 aromatic rings. The number of nitrogens with zero attached hydrogens (tertiary/aromatic N) is 1. The highest BCUT2D eigenvalue weighted by Gasteiger charge is 2.41. The summed E-state index contributed by atoms with van der Waals surface area (Å²) < 4.78 is 27.1. The molecule has 0 saturated carbocycles. The molecule has 0 amide bonds. The molecule has 0 aromatic heterocycles. The van der Waals surface area contributed by atoms with Gasteiger partial charge in [0.05, 0.1) is 11.1 Å². The number of carbonyl (C=O) groups excluding carboxylic acids is 1. The fourth-order valence-corrected chi connectivity index (χ4v) is 5.35. The Morgan fingerprint density at radius 1 is 1.16 bits per heavy atom. The van der Waals surface area contributed by atoms with Crippen molar-refractivity contribution in [1.82, 2.24) is 4.31 Å². The van der Waals surface area contributed by atoms with Crippen molar-refractivity contribution in [3.8, 4) is 5.75 Å². The summed E-state index contributed by atoms with van der Waals surface area (Å²) in [5.74, 6) is -0.835. The smallest absolute Gasteiger partial charge is 0.247 e. The van der Waals surface area contributed by atoms with Crippen LogP contribution in [-0.4, -0.2) is 36.2 Å². The van der Waals surface area contributed by atoms with Crippen LogP contribution in [0.5, 0.6) is 5.75 Å². The molecule has 0 spiro atoms. The van der Waals surface area contributed by atoms with Gasteiger partial charge in [-0.3, -0.25) is 4.79 Å². The first-order valence-electron chi connectivity index (χ1n) is 7.61. The van der Waals surface area contributed by atoms with Crippen molar-refractivity contribution in [2.24, 2.45) is 0 Å². The van der Waals surface area contributed by atoms with Crippen LogP contribution in [0.1, 0.15) is 23.2 Å². The minimum absolute atomic E-state index is 0.0894. The first kappa shape index (κ1) is 18.2. The van der Waals surface area contributed by atoms with Gasteiger partial charge < -0.3 is 5.11 Å². The Kier molecular flexibility index (Phi) is 5.06. The molecule has 1 aliphatic rings. The predicted molar refractivity (Wildman–Crippen MR) is 95.8 cm³/mol. The molecule has 2 aromatic carbocycles. The van der Waals surface area contributed by atoms with Gasteiger partial charge in [-0.15, -0.1) is 0 Å². The Bertz CT molecular complexity index is 916. The van der Waals surface area contributed by atoms with Gasteiger partial charge in [0.15, 0.2) is 11.5 Å². The Morgan fingerprint density at radius 2 is 1.84 bits per heavy atom. The van der Waals surface area contributed by atoms with Gasteiger partial charge in [0.1, 0.15) is 4.90 Å². The van der Waals surface area contributed by atoms with Gasteiger partial charge in [-0.05, 0) is 25.0 Å². The standard InChI is InChI=1S/C17H15Cl2NO4S/c18-12-9-13(19)17(22)15(10-12)25(23,24)20-8-4-7-14(20)16(21)11-5-2-1-3-6-11/h1-3,5-6,9-10,14,22H,4,7-8H2/t14-/m0/s1. The minimum Gasteiger partial charge on any atom is -0.505 e. The molecule has 0 bridgehead atoms. The van der Waals surface area contributed by atoms with E-state index in [4.69, 9.17) is 23.2 Å². The summed E-state index contributed by atoms with van der Waals surface area (Å²) in [6.45, 7) is 0.190. The number of aromatic hydroxyl groups is 1. The largest absolute Gasteiger partial charge is 0.505 e. The van der Waals surface area contributed by atoms with Gasteiger partial charge in [0.25, 0.3) is 0 Å². The first-order chi connectivity index (χ1) is 11.8. The lowest BCUT2D eigenvalue weighted by Gasteiger charge is -2.24. The Hall–Kier alpha value is -1.60. The molecule has 5 nitrogen and oxygen atoms in total. The third-order valence-corrected chi connectivity index (χ3v) is 6.57. The second-order valence-corrected chi connectivity index (χ2v) is 8.44. The van der Waals surface area contributed by atoms with Crippen LogP contribution in [0.25, 0.3) is 0 Å². The number of halogens is 2. The van der Waals surface area contributed by atoms with E-state index < -0.39 is 26.7 Å². The van der Waals surface area contributed by atoms with E-state index in [1.165, 1.54) is 6.07 Å². The second kappa shape index (κ2) is 6.96. The third-order valence-electron chi connectivity index (χ3n) is 4.14. The molecule has 1 fully saturated rings. The number of sulfonamides is 1. The van der Waals surface area contributed by atoms with Crippen LogP contribution in [0.2, 0.25) is 10.0 Å². The molecule has 3 rings (SSSR count). The zero-order chi connectivity index (χ0) is 18.2. The number of Topliss-reactive ketones (excluding diaryl/α,β-unsaturated/α-hetero) is 1. The average molecular weight is 400 g/mol. The summed E-state index contributed by atoms with van der Waals surface area (Å²) in [6.07, 6.45) is 0.972. The molecule has 0 unspecified atom stereocenters. The van der Waals surface area contributed by atoms with Crippen LogP contribution >= 0.6 is 23.2 Å². The molecule has 1 N–H and O–H groups in total. The number of rotatable bonds is 4. The van der Waals surface area contributed by atoms with Crippen LogP contribution in [-0.2, 0) is 10.0 Å². The lowest BCUT2D eigenvalue weighted by Crippen LogP contribution is -2.40. The maximum atomic E-state index is 13.0. The molecule has 25 heavy (non-hydrogen) atoms. The van der Waals surface area contributed by atoms with Gasteiger partial charge in [0, 0.05) is 17.1 Å². The Labute approximate surface area is 155 Å². The summed E-state index contributed by atoms with van der Waals surface area (Å²) in [5, 5.41) is 10.0. The van der Waals surface area contributed by atoms with Crippen LogP contribution in [0.4, 0.5) is 0 Å². The van der Waals surface area contributed by atoms with Gasteiger partial charge in [-0.1, -0.05) is 53.5 Å². The summed E-state index contributed by atoms with van der Waals surface area (Å²) in [6, 6.07) is 10.1. The van der Waals surface area contributed by atoms with Gasteiger partial charge in [0.2, 0.25) is 10.0 Å². The Balaban J connectivity index is 2.01. The van der Waals surface area contributed by atoms with Crippen LogP contribution in [0.3, 0.4) is 0 Å². The molecular formula is C17H15Cl2NO4S. The quantitative estimate of drug-likeness (QED) is 0.794. The van der Waals surface area contributed by atoms with Crippen molar-refractivity contribution >= 4 is 39.0 Å². The van der Waals surface area contributed by atoms with E-state index >= 15 is 0 Å². The fourth-order valence-electron chi connectivity index (χ4n) is 2.95. The number of benzene rings is 2. The van der Waals surface area contributed by atoms with Crippen LogP contribution < -0.4 is 0 Å². The normalized spacial score (nSPS) is 18.4. The predicted octanol–water partition coefficient (Wildman–Crippen LogP) is 3.74. The summed E-state index contributed by atoms with van der Waals surface area (Å²) >= 11 is 11.7. The summed E-state index contributed by atoms with van der Waals surface area (Å²) in [4.78, 5) is 12.3. The summed E-state index contributed by atoms with van der Waals surface area (Å²) in [5.41, 5.74) is 0.447. The molecule has 1 atom stereocenters. The summed E-state index contributed by atoms with van der Waals surface area (Å²) in [7, 11) is -4.12. The molecule has 8 heteroatoms. The number of phenolic OH excluding ortho intramolecular Hbond substituents is 1. The number of carbonyl (C=O) groups is 1. The lowest BCUT2D eigenvalue weighted by atomic mass is 10.0. The number of hydrogen-bond donors (Lipinski definition) is 1. The Morgan fingerprint density at radius 3 is 2.52 bits per heavy atom. The molecule has 0 radical (unpaired) electrons. The fraction of sp³-hybridized carbons (Fsp3) is 0.235. The first-order valence-corrected chi connectivity index (χ1v) is 9.81. The molecule has 0 aliphatic carbocycles. The van der Waals surface area contributed by atoms with Crippen molar-refractivity contribution in [1.29, 1.82) is 0 Å². The van der Waals surface area contributed by atoms with Crippen molar-refractivity contribution in [2.45, 2.75) is 23.8 Å². The van der Waals surface area contributed by atoms with Crippen LogP contribution in [0.15, 0.2) is 47.4 Å². The second-order valence-electron chi connectivity index (χ2n) is 5.74. The van der Waals surface area contributed by atoms with E-state index in [0.717, 1.165) is 10.4 Å². The SMILES string of the molecule is O=C(c1ccccc1)[C@@H]1CCCN1S(=O)(=O)c1cc(Cl)cc(Cl)c1O. The van der Waals surface area contributed by atoms with Crippen molar-refractivity contribution in [3.05, 3.63) is 58.1 Å². The highest BCUT2D eigenvalue weighted by molar-refractivity contribution is 7.89. The van der Waals surface area contributed by atoms with E-state index in [2.05, 4.69) is 0 Å². The van der Waals surface area contributed by atoms with E-state index in [0.29, 0.717) is 18.4 Å². The average Bonchev–Trinajstić information content (AvgIpc) is 3.08. The zero-order valence-electron chi connectivity index (χ0n) is 13.0. The van der Waals surface area contributed by atoms with Crippen molar-refractivity contribution in [2.75, 3.05) is 6.54 Å². The van der Waals surface area contributed by atoms with Crippen molar-refractivity contribution < 1.29 is 18.3 Å². The number of phenols is 1. The van der Waals surface area contributed by atoms with Crippen LogP contribution in [0, 0.1) is 0 Å². The van der Waals surface area contributed by atoms with E-state index in [9.17, 15) is 18.3 Å². The minimum atomic E-state index is -4.12. The molecule has 1 heterocycles. The van der Waals surface area contributed by atoms with E-state index in [1.807, 2.05) is 0 Å². The molecule has 1 saturated heterocycles. The van der Waals surface area contributed by atoms with Crippen molar-refractivity contribution in [3.63, 3.8) is 0 Å². The number of ketones is 1. The molecule has 132 valence electrons. The third kappa shape index (κ3) is 3.40. The van der Waals surface area contributed by atoms with E-state index in [1.54, 1.807) is 30.3 Å².